The van der Waals surface area contributed by atoms with Crippen molar-refractivity contribution in [1.29, 1.82) is 0 Å². The molecule has 31 heavy (non-hydrogen) atoms. The average molecular weight is 447 g/mol. The summed E-state index contributed by atoms with van der Waals surface area (Å²) in [5.74, 6) is 0.192. The maximum absolute atomic E-state index is 12.4. The van der Waals surface area contributed by atoms with Crippen molar-refractivity contribution in [2.24, 2.45) is 0 Å². The van der Waals surface area contributed by atoms with Gasteiger partial charge in [-0.15, -0.1) is 11.3 Å². The Hall–Kier alpha value is -2.83. The average Bonchev–Trinajstić information content (AvgIpc) is 3.07. The smallest absolute Gasteiger partial charge is 0.270 e. The summed E-state index contributed by atoms with van der Waals surface area (Å²) in [5, 5.41) is 16.8. The summed E-state index contributed by atoms with van der Waals surface area (Å²) in [6, 6.07) is 1.67. The molecule has 0 spiro atoms. The van der Waals surface area contributed by atoms with Crippen LogP contribution in [0.5, 0.6) is 0 Å². The van der Waals surface area contributed by atoms with Gasteiger partial charge in [-0.2, -0.15) is 0 Å². The number of anilines is 2. The van der Waals surface area contributed by atoms with Gasteiger partial charge in [0.05, 0.1) is 17.8 Å². The second kappa shape index (κ2) is 9.12. The first-order chi connectivity index (χ1) is 14.9. The van der Waals surface area contributed by atoms with Gasteiger partial charge in [-0.3, -0.25) is 14.5 Å². The van der Waals surface area contributed by atoms with E-state index in [0.717, 1.165) is 18.7 Å². The van der Waals surface area contributed by atoms with Crippen molar-refractivity contribution in [3.8, 4) is 0 Å². The number of carbonyl (C=O) groups is 2. The Morgan fingerprint density at radius 1 is 1.39 bits per heavy atom. The minimum absolute atomic E-state index is 0.0417. The molecular formula is C19H26N8O3S. The molecule has 2 aromatic heterocycles. The molecule has 12 heteroatoms. The molecular weight excluding hydrogens is 420 g/mol. The lowest BCUT2D eigenvalue weighted by molar-refractivity contribution is -0.132. The van der Waals surface area contributed by atoms with E-state index in [0.29, 0.717) is 37.1 Å². The third-order valence-electron chi connectivity index (χ3n) is 5.37. The molecule has 1 saturated heterocycles. The molecule has 0 saturated carbocycles. The number of hydrogen-bond acceptors (Lipinski definition) is 10. The molecule has 4 rings (SSSR count). The van der Waals surface area contributed by atoms with Crippen LogP contribution in [0.3, 0.4) is 0 Å². The molecule has 4 heterocycles. The van der Waals surface area contributed by atoms with Gasteiger partial charge < -0.3 is 26.4 Å². The SMILES string of the molecule is CC(=O)N1CC(Nc2cc(C(=O)NC[C@H](O)CN3CCc4sc(N)nc4C3)ncn2)C1. The molecule has 0 aromatic carbocycles. The lowest BCUT2D eigenvalue weighted by Crippen LogP contribution is -2.56. The molecule has 5 N–H and O–H groups in total. The molecule has 0 aliphatic carbocycles. The molecule has 0 radical (unpaired) electrons. The summed E-state index contributed by atoms with van der Waals surface area (Å²) in [5.41, 5.74) is 6.96. The Bertz CT molecular complexity index is 961. The fourth-order valence-corrected chi connectivity index (χ4v) is 4.52. The number of carbonyl (C=O) groups excluding carboxylic acids is 2. The highest BCUT2D eigenvalue weighted by Crippen LogP contribution is 2.26. The van der Waals surface area contributed by atoms with Crippen LogP contribution in [0.15, 0.2) is 12.4 Å². The number of nitrogen functional groups attached to an aromatic ring is 1. The van der Waals surface area contributed by atoms with Gasteiger partial charge in [0.1, 0.15) is 17.8 Å². The van der Waals surface area contributed by atoms with Crippen molar-refractivity contribution in [2.75, 3.05) is 43.8 Å². The predicted molar refractivity (Wildman–Crippen MR) is 116 cm³/mol. The van der Waals surface area contributed by atoms with Gasteiger partial charge >= 0.3 is 0 Å². The zero-order chi connectivity index (χ0) is 22.0. The summed E-state index contributed by atoms with van der Waals surface area (Å²) < 4.78 is 0. The number of aliphatic hydroxyl groups excluding tert-OH is 1. The van der Waals surface area contributed by atoms with Crippen LogP contribution in [-0.2, 0) is 17.8 Å². The van der Waals surface area contributed by atoms with Crippen molar-refractivity contribution < 1.29 is 14.7 Å². The topological polar surface area (TPSA) is 150 Å². The van der Waals surface area contributed by atoms with E-state index in [9.17, 15) is 14.7 Å². The summed E-state index contributed by atoms with van der Waals surface area (Å²) >= 11 is 1.52. The zero-order valence-corrected chi connectivity index (χ0v) is 18.1. The van der Waals surface area contributed by atoms with Crippen molar-refractivity contribution >= 4 is 34.1 Å². The molecule has 1 atom stereocenters. The lowest BCUT2D eigenvalue weighted by Gasteiger charge is -2.39. The number of nitrogens with zero attached hydrogens (tertiary/aromatic N) is 5. The largest absolute Gasteiger partial charge is 0.390 e. The normalized spacial score (nSPS) is 17.5. The van der Waals surface area contributed by atoms with Crippen LogP contribution in [0.2, 0.25) is 0 Å². The third-order valence-corrected chi connectivity index (χ3v) is 6.36. The van der Waals surface area contributed by atoms with Gasteiger partial charge in [0.2, 0.25) is 5.91 Å². The number of rotatable bonds is 7. The lowest BCUT2D eigenvalue weighted by atomic mass is 10.1. The van der Waals surface area contributed by atoms with Crippen LogP contribution in [0.4, 0.5) is 10.9 Å². The molecule has 2 aliphatic rings. The van der Waals surface area contributed by atoms with Gasteiger partial charge in [0.25, 0.3) is 5.91 Å². The van der Waals surface area contributed by atoms with E-state index in [4.69, 9.17) is 5.73 Å². The summed E-state index contributed by atoms with van der Waals surface area (Å²) in [4.78, 5) is 41.2. The molecule has 1 fully saturated rings. The first kappa shape index (κ1) is 21.4. The van der Waals surface area contributed by atoms with E-state index >= 15 is 0 Å². The van der Waals surface area contributed by atoms with Crippen molar-refractivity contribution in [1.82, 2.24) is 30.1 Å². The van der Waals surface area contributed by atoms with Gasteiger partial charge in [-0.1, -0.05) is 0 Å². The fourth-order valence-electron chi connectivity index (χ4n) is 3.69. The minimum atomic E-state index is -0.714. The Balaban J connectivity index is 1.23. The highest BCUT2D eigenvalue weighted by atomic mass is 32.1. The molecule has 166 valence electrons. The van der Waals surface area contributed by atoms with E-state index in [2.05, 4.69) is 30.5 Å². The number of nitrogens with one attached hydrogen (secondary N) is 2. The van der Waals surface area contributed by atoms with Gasteiger partial charge in [-0.25, -0.2) is 15.0 Å². The monoisotopic (exact) mass is 446 g/mol. The van der Waals surface area contributed by atoms with E-state index in [1.54, 1.807) is 11.0 Å². The minimum Gasteiger partial charge on any atom is -0.390 e. The maximum atomic E-state index is 12.4. The number of thiazole rings is 1. The van der Waals surface area contributed by atoms with Crippen LogP contribution in [0, 0.1) is 0 Å². The Kier molecular flexibility index (Phi) is 6.30. The third kappa shape index (κ3) is 5.27. The Morgan fingerprint density at radius 3 is 2.97 bits per heavy atom. The summed E-state index contributed by atoms with van der Waals surface area (Å²) in [6.45, 7) is 4.78. The number of β-amino-alcohol motifs (C(OH)–C–C–N with tert-alkyl or cyclic N) is 1. The second-order valence-electron chi connectivity index (χ2n) is 7.82. The van der Waals surface area contributed by atoms with Crippen LogP contribution in [0.25, 0.3) is 0 Å². The van der Waals surface area contributed by atoms with E-state index in [1.165, 1.54) is 29.5 Å². The number of aliphatic hydroxyl groups is 1. The van der Waals surface area contributed by atoms with Crippen LogP contribution >= 0.6 is 11.3 Å². The first-order valence-electron chi connectivity index (χ1n) is 10.1. The number of hydrogen-bond donors (Lipinski definition) is 4. The standard InChI is InChI=1S/C19H26N8O3S/c1-11(28)27-6-12(7-27)24-17-4-14(22-10-23-17)18(30)21-5-13(29)8-26-3-2-16-15(9-26)25-19(20)31-16/h4,10,12-13,29H,2-3,5-9H2,1H3,(H2,20,25)(H,21,30)(H,22,23,24)/t13-/m0/s1. The number of amides is 2. The first-order valence-corrected chi connectivity index (χ1v) is 11.0. The zero-order valence-electron chi connectivity index (χ0n) is 17.2. The predicted octanol–water partition coefficient (Wildman–Crippen LogP) is -0.693. The highest BCUT2D eigenvalue weighted by Gasteiger charge is 2.28. The van der Waals surface area contributed by atoms with Crippen molar-refractivity contribution in [2.45, 2.75) is 32.0 Å². The molecule has 2 aliphatic heterocycles. The molecule has 0 bridgehead atoms. The molecule has 2 amide bonds. The van der Waals surface area contributed by atoms with Gasteiger partial charge in [0.15, 0.2) is 5.13 Å². The number of aromatic nitrogens is 3. The molecule has 2 aromatic rings. The number of likely N-dealkylation sites (tertiary alicyclic amines) is 1. The van der Waals surface area contributed by atoms with Crippen LogP contribution in [-0.4, -0.2) is 86.5 Å². The quantitative estimate of drug-likeness (QED) is 0.433. The fraction of sp³-hybridized carbons (Fsp3) is 0.526. The second-order valence-corrected chi connectivity index (χ2v) is 8.94. The highest BCUT2D eigenvalue weighted by molar-refractivity contribution is 7.15. The van der Waals surface area contributed by atoms with Crippen LogP contribution in [0.1, 0.15) is 28.0 Å². The maximum Gasteiger partial charge on any atom is 0.270 e. The molecule has 0 unspecified atom stereocenters. The number of nitrogens with two attached hydrogens (primary N) is 1. The van der Waals surface area contributed by atoms with E-state index in [1.807, 2.05) is 0 Å². The van der Waals surface area contributed by atoms with Gasteiger partial charge in [-0.05, 0) is 6.42 Å². The van der Waals surface area contributed by atoms with Crippen LogP contribution < -0.4 is 16.4 Å². The van der Waals surface area contributed by atoms with E-state index < -0.39 is 6.10 Å². The van der Waals surface area contributed by atoms with Gasteiger partial charge in [0, 0.05) is 57.1 Å². The number of fused-ring (bicyclic) bond motifs is 1. The summed E-state index contributed by atoms with van der Waals surface area (Å²) in [6.07, 6.45) is 1.47. The molecule has 11 nitrogen and oxygen atoms in total. The van der Waals surface area contributed by atoms with Crippen molar-refractivity contribution in [3.05, 3.63) is 28.7 Å². The van der Waals surface area contributed by atoms with E-state index in [-0.39, 0.29) is 30.1 Å². The van der Waals surface area contributed by atoms with Crippen molar-refractivity contribution in [3.63, 3.8) is 0 Å². The Morgan fingerprint density at radius 2 is 2.19 bits per heavy atom. The summed E-state index contributed by atoms with van der Waals surface area (Å²) in [7, 11) is 0. The Labute approximate surface area is 183 Å².